The number of nitrogen functional groups attached to an aromatic ring is 1. The fourth-order valence-electron chi connectivity index (χ4n) is 2.18. The van der Waals surface area contributed by atoms with E-state index < -0.39 is 17.5 Å². The number of nitrogens with two attached hydrogens (primary N) is 1. The second kappa shape index (κ2) is 7.60. The molecule has 128 valence electrons. The van der Waals surface area contributed by atoms with E-state index in [1.54, 1.807) is 6.20 Å². The molecule has 0 aliphatic rings. The minimum Gasteiger partial charge on any atom is -0.381 e. The number of hydrogen-bond acceptors (Lipinski definition) is 4. The maximum atomic E-state index is 14.0. The van der Waals surface area contributed by atoms with Crippen LogP contribution >= 0.6 is 30.3 Å². The molecule has 4 nitrogen and oxygen atoms in total. The van der Waals surface area contributed by atoms with Gasteiger partial charge in [-0.05, 0) is 13.0 Å². The summed E-state index contributed by atoms with van der Waals surface area (Å²) >= 11 is 1.97. The second-order valence-electron chi connectivity index (χ2n) is 4.55. The predicted molar refractivity (Wildman–Crippen MR) is 100 cm³/mol. The van der Waals surface area contributed by atoms with Gasteiger partial charge in [-0.25, -0.2) is 23.1 Å². The van der Waals surface area contributed by atoms with Crippen molar-refractivity contribution in [2.45, 2.75) is 20.8 Å². The molecule has 0 spiro atoms. The number of benzene rings is 1. The van der Waals surface area contributed by atoms with Crippen molar-refractivity contribution < 1.29 is 13.2 Å². The highest BCUT2D eigenvalue weighted by Gasteiger charge is 2.19. The highest BCUT2D eigenvalue weighted by molar-refractivity contribution is 14.2. The molecule has 9 heteroatoms. The monoisotopic (exact) mass is 466 g/mol. The van der Waals surface area contributed by atoms with Crippen molar-refractivity contribution in [2.75, 3.05) is 5.73 Å². The Morgan fingerprint density at radius 1 is 1.17 bits per heavy atom. The van der Waals surface area contributed by atoms with E-state index in [1.807, 2.05) is 35.1 Å². The summed E-state index contributed by atoms with van der Waals surface area (Å²) in [5, 5.41) is 0.298. The Kier molecular flexibility index (Phi) is 5.97. The summed E-state index contributed by atoms with van der Waals surface area (Å²) in [6.45, 7) is 5.45. The van der Waals surface area contributed by atoms with E-state index in [0.717, 1.165) is 6.07 Å². The smallest absolute Gasteiger partial charge is 0.186 e. The number of halogens is 4. The summed E-state index contributed by atoms with van der Waals surface area (Å²) < 4.78 is 42.7. The van der Waals surface area contributed by atoms with Crippen LogP contribution in [0.25, 0.3) is 22.3 Å². The van der Waals surface area contributed by atoms with Crippen molar-refractivity contribution in [2.24, 2.45) is 0 Å². The van der Waals surface area contributed by atoms with Crippen LogP contribution < -0.4 is 5.73 Å². The van der Waals surface area contributed by atoms with Gasteiger partial charge in [-0.15, -0.1) is 0 Å². The first-order valence-corrected chi connectivity index (χ1v) is 10.3. The van der Waals surface area contributed by atoms with Crippen molar-refractivity contribution >= 4 is 47.0 Å². The van der Waals surface area contributed by atoms with E-state index in [9.17, 15) is 13.2 Å². The van der Waals surface area contributed by atoms with Gasteiger partial charge in [-0.3, -0.25) is 3.97 Å². The molecule has 0 atom stereocenters. The average Bonchev–Trinajstić information content (AvgIpc) is 2.93. The minimum absolute atomic E-state index is 0.0717. The molecule has 0 saturated carbocycles. The summed E-state index contributed by atoms with van der Waals surface area (Å²) in [6, 6.07) is 2.00. The molecule has 2 aromatic heterocycles. The van der Waals surface area contributed by atoms with Gasteiger partial charge in [0.1, 0.15) is 5.82 Å². The fraction of sp³-hybridized carbons (Fsp3) is 0.200. The van der Waals surface area contributed by atoms with Crippen molar-refractivity contribution in [1.29, 1.82) is 0 Å². The molecule has 0 saturated heterocycles. The lowest BCUT2D eigenvalue weighted by atomic mass is 10.1. The zero-order valence-electron chi connectivity index (χ0n) is 13.1. The Morgan fingerprint density at radius 3 is 2.42 bits per heavy atom. The largest absolute Gasteiger partial charge is 0.381 e. The van der Waals surface area contributed by atoms with Crippen LogP contribution in [-0.4, -0.2) is 13.9 Å². The Balaban J connectivity index is 0.00000100. The Labute approximate surface area is 153 Å². The lowest BCUT2D eigenvalue weighted by molar-refractivity contribution is 0.590. The molecule has 0 aliphatic carbocycles. The third-order valence-corrected chi connectivity index (χ3v) is 4.85. The molecule has 24 heavy (non-hydrogen) atoms. The second-order valence-corrected chi connectivity index (χ2v) is 6.27. The first-order chi connectivity index (χ1) is 11.4. The molecular formula is C15H14F3IN4S. The van der Waals surface area contributed by atoms with E-state index in [2.05, 4.69) is 9.97 Å². The zero-order chi connectivity index (χ0) is 18.0. The summed E-state index contributed by atoms with van der Waals surface area (Å²) in [6.07, 6.45) is 1.57. The van der Waals surface area contributed by atoms with Crippen molar-refractivity contribution in [3.8, 4) is 11.4 Å². The number of rotatable bonds is 2. The summed E-state index contributed by atoms with van der Waals surface area (Å²) in [4.78, 5) is 7.91. The van der Waals surface area contributed by atoms with Crippen molar-refractivity contribution in [1.82, 2.24) is 13.9 Å². The van der Waals surface area contributed by atoms with Gasteiger partial charge >= 0.3 is 0 Å². The first kappa shape index (κ1) is 18.8. The quantitative estimate of drug-likeness (QED) is 0.523. The van der Waals surface area contributed by atoms with Gasteiger partial charge in [0.25, 0.3) is 0 Å². The van der Waals surface area contributed by atoms with Crippen LogP contribution in [0.3, 0.4) is 0 Å². The van der Waals surface area contributed by atoms with Gasteiger partial charge < -0.3 is 5.73 Å². The molecule has 1 aromatic carbocycles. The third kappa shape index (κ3) is 3.32. The molecule has 0 bridgehead atoms. The van der Waals surface area contributed by atoms with Crippen LogP contribution in [0.15, 0.2) is 18.3 Å². The van der Waals surface area contributed by atoms with Gasteiger partial charge in [-0.1, -0.05) is 13.8 Å². The van der Waals surface area contributed by atoms with E-state index >= 15 is 0 Å². The van der Waals surface area contributed by atoms with Crippen molar-refractivity contribution in [3.05, 3.63) is 41.5 Å². The lowest BCUT2D eigenvalue weighted by Gasteiger charge is -2.04. The van der Waals surface area contributed by atoms with E-state index in [-0.39, 0.29) is 22.9 Å². The maximum Gasteiger partial charge on any atom is 0.186 e. The standard InChI is InChI=1S/C13H8F3IN4S.C2H6/c1-5-10(16)12(18)20-13(19-5)8-4-21(22-17)11-7(8)2-6(14)3-9(11)15;1-2/h2-4H,1H3,(H2,18,19,20);1-2H3. The fourth-order valence-corrected chi connectivity index (χ4v) is 3.51. The van der Waals surface area contributed by atoms with Crippen LogP contribution in [0.2, 0.25) is 0 Å². The molecule has 0 unspecified atom stereocenters. The normalized spacial score (nSPS) is 10.6. The molecule has 0 aliphatic heterocycles. The van der Waals surface area contributed by atoms with Gasteiger partial charge in [-0.2, -0.15) is 0 Å². The molecule has 0 fully saturated rings. The Morgan fingerprint density at radius 2 is 1.83 bits per heavy atom. The lowest BCUT2D eigenvalue weighted by Crippen LogP contribution is -2.02. The molecule has 0 radical (unpaired) electrons. The highest BCUT2D eigenvalue weighted by atomic mass is 127. The SMILES string of the molecule is CC.Cc1nc(-c2cn(SI)c3c(F)cc(F)cc23)nc(N)c1F. The number of aryl methyl sites for hydroxylation is 1. The van der Waals surface area contributed by atoms with Crippen LogP contribution in [0.5, 0.6) is 0 Å². The maximum absolute atomic E-state index is 14.0. The van der Waals surface area contributed by atoms with E-state index in [4.69, 9.17) is 5.73 Å². The predicted octanol–water partition coefficient (Wildman–Crippen LogP) is 5.28. The summed E-state index contributed by atoms with van der Waals surface area (Å²) in [5.41, 5.74) is 6.18. The summed E-state index contributed by atoms with van der Waals surface area (Å²) in [7, 11) is 1.21. The topological polar surface area (TPSA) is 56.7 Å². The first-order valence-electron chi connectivity index (χ1n) is 7.01. The Hall–Kier alpha value is -1.49. The van der Waals surface area contributed by atoms with E-state index in [0.29, 0.717) is 10.9 Å². The highest BCUT2D eigenvalue weighted by Crippen LogP contribution is 2.35. The molecular weight excluding hydrogens is 452 g/mol. The van der Waals surface area contributed by atoms with Crippen LogP contribution in [0, 0.1) is 24.4 Å². The number of hydrogen-bond donors (Lipinski definition) is 1. The van der Waals surface area contributed by atoms with E-state index in [1.165, 1.54) is 26.1 Å². The van der Waals surface area contributed by atoms with Gasteiger partial charge in [0.05, 0.1) is 11.2 Å². The molecule has 3 aromatic rings. The van der Waals surface area contributed by atoms with Gasteiger partial charge in [0, 0.05) is 53.5 Å². The number of anilines is 1. The molecule has 2 heterocycles. The molecule has 0 amide bonds. The van der Waals surface area contributed by atoms with Crippen LogP contribution in [-0.2, 0) is 0 Å². The number of aromatic nitrogens is 3. The minimum atomic E-state index is -0.714. The zero-order valence-corrected chi connectivity index (χ0v) is 16.0. The Bertz CT molecular complexity index is 875. The summed E-state index contributed by atoms with van der Waals surface area (Å²) in [5.74, 6) is -2.29. The van der Waals surface area contributed by atoms with Crippen LogP contribution in [0.4, 0.5) is 19.0 Å². The average molecular weight is 466 g/mol. The number of nitrogens with zero attached hydrogens (tertiary/aromatic N) is 3. The third-order valence-electron chi connectivity index (χ3n) is 3.14. The number of fused-ring (bicyclic) bond motifs is 1. The van der Waals surface area contributed by atoms with Gasteiger partial charge in [0.2, 0.25) is 0 Å². The van der Waals surface area contributed by atoms with Crippen molar-refractivity contribution in [3.63, 3.8) is 0 Å². The molecule has 2 N–H and O–H groups in total. The van der Waals surface area contributed by atoms with Crippen LogP contribution in [0.1, 0.15) is 19.5 Å². The molecule has 3 rings (SSSR count). The van der Waals surface area contributed by atoms with Gasteiger partial charge in [0.15, 0.2) is 23.3 Å².